The normalized spacial score (nSPS) is 11.7. The molecule has 0 saturated carbocycles. The molecule has 7 heteroatoms. The van der Waals surface area contributed by atoms with E-state index in [1.54, 1.807) is 0 Å². The van der Waals surface area contributed by atoms with Crippen LogP contribution in [0.25, 0.3) is 0 Å². The van der Waals surface area contributed by atoms with Crippen molar-refractivity contribution in [2.45, 2.75) is 16.3 Å². The zero-order valence-corrected chi connectivity index (χ0v) is 9.18. The first-order valence-corrected chi connectivity index (χ1v) is 5.32. The van der Waals surface area contributed by atoms with Crippen LogP contribution in [0, 0.1) is 0 Å². The number of anilines is 1. The summed E-state index contributed by atoms with van der Waals surface area (Å²) in [6, 6.07) is 3.17. The summed E-state index contributed by atoms with van der Waals surface area (Å²) < 4.78 is 42.1. The number of hydrogen-bond acceptors (Lipinski definition) is 4. The Labute approximate surface area is 98.8 Å². The number of oxazole rings is 1. The Hall–Kier alpha value is -1.63. The minimum Gasteiger partial charge on any atom is -0.440 e. The highest BCUT2D eigenvalue weighted by molar-refractivity contribution is 7.99. The first kappa shape index (κ1) is 11.8. The van der Waals surface area contributed by atoms with Gasteiger partial charge in [0.1, 0.15) is 6.26 Å². The molecule has 3 nitrogen and oxygen atoms in total. The number of benzene rings is 1. The molecule has 2 N–H and O–H groups in total. The standard InChI is InChI=1S/C10H7F3N2OS/c11-10(12,13)6-1-2-8(7(14)5-6)17-9-15-3-4-16-9/h1-5H,14H2. The molecule has 0 amide bonds. The summed E-state index contributed by atoms with van der Waals surface area (Å²) in [5, 5.41) is 0.330. The smallest absolute Gasteiger partial charge is 0.416 e. The monoisotopic (exact) mass is 260 g/mol. The molecule has 0 spiro atoms. The van der Waals surface area contributed by atoms with E-state index in [4.69, 9.17) is 10.2 Å². The van der Waals surface area contributed by atoms with E-state index >= 15 is 0 Å². The lowest BCUT2D eigenvalue weighted by atomic mass is 10.2. The van der Waals surface area contributed by atoms with Crippen LogP contribution in [-0.2, 0) is 6.18 Å². The second-order valence-electron chi connectivity index (χ2n) is 3.15. The largest absolute Gasteiger partial charge is 0.440 e. The molecular formula is C10H7F3N2OS. The van der Waals surface area contributed by atoms with E-state index in [1.165, 1.54) is 18.5 Å². The highest BCUT2D eigenvalue weighted by Gasteiger charge is 2.30. The Morgan fingerprint density at radius 3 is 2.59 bits per heavy atom. The molecule has 90 valence electrons. The third-order valence-electron chi connectivity index (χ3n) is 1.94. The number of rotatable bonds is 2. The fourth-order valence-corrected chi connectivity index (χ4v) is 1.89. The topological polar surface area (TPSA) is 52.0 Å². The molecule has 0 aliphatic heterocycles. The molecule has 0 aliphatic rings. The van der Waals surface area contributed by atoms with E-state index < -0.39 is 11.7 Å². The van der Waals surface area contributed by atoms with E-state index in [2.05, 4.69) is 4.98 Å². The fourth-order valence-electron chi connectivity index (χ4n) is 1.17. The average Bonchev–Trinajstić information content (AvgIpc) is 2.72. The van der Waals surface area contributed by atoms with Crippen LogP contribution < -0.4 is 5.73 Å². The van der Waals surface area contributed by atoms with Gasteiger partial charge < -0.3 is 10.2 Å². The van der Waals surface area contributed by atoms with Gasteiger partial charge in [0.25, 0.3) is 5.22 Å². The molecular weight excluding hydrogens is 253 g/mol. The van der Waals surface area contributed by atoms with Gasteiger partial charge in [0.05, 0.1) is 11.8 Å². The molecule has 1 heterocycles. The highest BCUT2D eigenvalue weighted by atomic mass is 32.2. The molecule has 0 bridgehead atoms. The number of nitrogens with zero attached hydrogens (tertiary/aromatic N) is 1. The van der Waals surface area contributed by atoms with Gasteiger partial charge in [-0.15, -0.1) is 0 Å². The van der Waals surface area contributed by atoms with Gasteiger partial charge in [-0.3, -0.25) is 0 Å². The van der Waals surface area contributed by atoms with E-state index in [-0.39, 0.29) is 5.69 Å². The number of hydrogen-bond donors (Lipinski definition) is 1. The van der Waals surface area contributed by atoms with Gasteiger partial charge in [-0.1, -0.05) is 0 Å². The number of nitrogens with two attached hydrogens (primary N) is 1. The van der Waals surface area contributed by atoms with E-state index in [9.17, 15) is 13.2 Å². The third kappa shape index (κ3) is 2.73. The van der Waals surface area contributed by atoms with E-state index in [0.717, 1.165) is 23.9 Å². The van der Waals surface area contributed by atoms with Crippen molar-refractivity contribution in [1.29, 1.82) is 0 Å². The zero-order chi connectivity index (χ0) is 12.5. The van der Waals surface area contributed by atoms with Crippen molar-refractivity contribution in [3.05, 3.63) is 36.2 Å². The first-order valence-electron chi connectivity index (χ1n) is 4.51. The SMILES string of the molecule is Nc1cc(C(F)(F)F)ccc1Sc1ncco1. The van der Waals surface area contributed by atoms with E-state index in [1.807, 2.05) is 0 Å². The highest BCUT2D eigenvalue weighted by Crippen LogP contribution is 2.36. The molecule has 0 unspecified atom stereocenters. The van der Waals surface area contributed by atoms with Crippen LogP contribution in [0.2, 0.25) is 0 Å². The predicted molar refractivity (Wildman–Crippen MR) is 56.5 cm³/mol. The van der Waals surface area contributed by atoms with Crippen LogP contribution in [0.5, 0.6) is 0 Å². The zero-order valence-electron chi connectivity index (χ0n) is 8.36. The van der Waals surface area contributed by atoms with Gasteiger partial charge in [-0.2, -0.15) is 13.2 Å². The van der Waals surface area contributed by atoms with Crippen molar-refractivity contribution in [3.63, 3.8) is 0 Å². The molecule has 0 fully saturated rings. The fraction of sp³-hybridized carbons (Fsp3) is 0.100. The minimum atomic E-state index is -4.39. The van der Waals surface area contributed by atoms with Crippen molar-refractivity contribution in [2.75, 3.05) is 5.73 Å². The molecule has 0 atom stereocenters. The summed E-state index contributed by atoms with van der Waals surface area (Å²) in [5.41, 5.74) is 4.82. The van der Waals surface area contributed by atoms with Gasteiger partial charge in [0.2, 0.25) is 0 Å². The van der Waals surface area contributed by atoms with Crippen LogP contribution in [0.4, 0.5) is 18.9 Å². The summed E-state index contributed by atoms with van der Waals surface area (Å²) in [6.45, 7) is 0. The summed E-state index contributed by atoms with van der Waals surface area (Å²) in [5.74, 6) is 0. The van der Waals surface area contributed by atoms with Crippen molar-refractivity contribution in [3.8, 4) is 0 Å². The Kier molecular flexibility index (Phi) is 3.01. The minimum absolute atomic E-state index is 0.0445. The van der Waals surface area contributed by atoms with E-state index in [0.29, 0.717) is 10.1 Å². The first-order chi connectivity index (χ1) is 7.97. The maximum atomic E-state index is 12.4. The maximum absolute atomic E-state index is 12.4. The molecule has 0 aliphatic carbocycles. The van der Waals surface area contributed by atoms with Gasteiger partial charge in [-0.05, 0) is 30.0 Å². The maximum Gasteiger partial charge on any atom is 0.416 e. The second kappa shape index (κ2) is 4.33. The van der Waals surface area contributed by atoms with Crippen LogP contribution in [0.1, 0.15) is 5.56 Å². The number of halogens is 3. The van der Waals surface area contributed by atoms with Gasteiger partial charge >= 0.3 is 6.18 Å². The van der Waals surface area contributed by atoms with Crippen molar-refractivity contribution in [1.82, 2.24) is 4.98 Å². The summed E-state index contributed by atoms with van der Waals surface area (Å²) in [4.78, 5) is 4.31. The molecule has 17 heavy (non-hydrogen) atoms. The van der Waals surface area contributed by atoms with Crippen LogP contribution in [-0.4, -0.2) is 4.98 Å². The Morgan fingerprint density at radius 2 is 2.06 bits per heavy atom. The van der Waals surface area contributed by atoms with Gasteiger partial charge in [0.15, 0.2) is 0 Å². The molecule has 2 aromatic rings. The second-order valence-corrected chi connectivity index (χ2v) is 4.14. The van der Waals surface area contributed by atoms with Crippen molar-refractivity contribution in [2.24, 2.45) is 0 Å². The molecule has 2 rings (SSSR count). The number of nitrogen functional groups attached to an aromatic ring is 1. The lowest BCUT2D eigenvalue weighted by Crippen LogP contribution is -2.05. The lowest BCUT2D eigenvalue weighted by Gasteiger charge is -2.09. The Morgan fingerprint density at radius 1 is 1.29 bits per heavy atom. The molecule has 1 aromatic heterocycles. The number of aromatic nitrogens is 1. The van der Waals surface area contributed by atoms with Crippen LogP contribution in [0.15, 0.2) is 45.2 Å². The molecule has 0 saturated heterocycles. The average molecular weight is 260 g/mol. The van der Waals surface area contributed by atoms with Crippen LogP contribution >= 0.6 is 11.8 Å². The van der Waals surface area contributed by atoms with Gasteiger partial charge in [-0.25, -0.2) is 4.98 Å². The molecule has 1 aromatic carbocycles. The molecule has 0 radical (unpaired) electrons. The summed E-state index contributed by atoms with van der Waals surface area (Å²) in [6.07, 6.45) is -1.56. The number of alkyl halides is 3. The van der Waals surface area contributed by atoms with Crippen molar-refractivity contribution >= 4 is 17.4 Å². The predicted octanol–water partition coefficient (Wildman–Crippen LogP) is 3.43. The summed E-state index contributed by atoms with van der Waals surface area (Å²) >= 11 is 1.07. The van der Waals surface area contributed by atoms with Crippen LogP contribution in [0.3, 0.4) is 0 Å². The third-order valence-corrected chi connectivity index (χ3v) is 2.91. The quantitative estimate of drug-likeness (QED) is 0.840. The lowest BCUT2D eigenvalue weighted by molar-refractivity contribution is -0.137. The Balaban J connectivity index is 2.26. The Bertz CT molecular complexity index is 511. The summed E-state index contributed by atoms with van der Waals surface area (Å²) in [7, 11) is 0. The van der Waals surface area contributed by atoms with Gasteiger partial charge in [0, 0.05) is 10.6 Å². The van der Waals surface area contributed by atoms with Crippen molar-refractivity contribution < 1.29 is 17.6 Å².